The van der Waals surface area contributed by atoms with Crippen LogP contribution in [-0.4, -0.2) is 17.1 Å². The number of anilines is 1. The second kappa shape index (κ2) is 4.74. The Labute approximate surface area is 101 Å². The highest BCUT2D eigenvalue weighted by Crippen LogP contribution is 2.30. The molecule has 0 unspecified atom stereocenters. The average molecular weight is 251 g/mol. The van der Waals surface area contributed by atoms with Crippen LogP contribution in [0.1, 0.15) is 0 Å². The van der Waals surface area contributed by atoms with E-state index in [1.165, 1.54) is 19.2 Å². The Kier molecular flexibility index (Phi) is 3.13. The zero-order chi connectivity index (χ0) is 13.1. The van der Waals surface area contributed by atoms with Crippen molar-refractivity contribution in [1.82, 2.24) is 9.97 Å². The van der Waals surface area contributed by atoms with E-state index in [0.717, 1.165) is 12.4 Å². The van der Waals surface area contributed by atoms with E-state index in [2.05, 4.69) is 9.97 Å². The monoisotopic (exact) mass is 251 g/mol. The fraction of sp³-hybridized carbons (Fsp3) is 0.0909. The van der Waals surface area contributed by atoms with Gasteiger partial charge in [-0.2, -0.15) is 0 Å². The molecule has 0 aliphatic rings. The number of nitrogens with zero attached hydrogens (tertiary/aromatic N) is 1. The number of hydrogen-bond donors (Lipinski definition) is 2. The summed E-state index contributed by atoms with van der Waals surface area (Å²) >= 11 is 0. The van der Waals surface area contributed by atoms with Crippen molar-refractivity contribution in [3.63, 3.8) is 0 Å². The number of H-pyrrole nitrogens is 1. The molecule has 1 aromatic heterocycles. The first-order valence-electron chi connectivity index (χ1n) is 4.96. The molecule has 3 N–H and O–H groups in total. The standard InChI is InChI=1S/C11H10FN3O3/c1-17-9-10(16)14-5-15-11(9)18-8-4-6(12)2-3-7(8)13/h2-5H,13H2,1H3,(H,14,15,16). The predicted octanol–water partition coefficient (Wildman–Crippen LogP) is 1.29. The first-order valence-corrected chi connectivity index (χ1v) is 4.96. The van der Waals surface area contributed by atoms with Crippen LogP contribution in [0.2, 0.25) is 0 Å². The second-order valence-electron chi connectivity index (χ2n) is 3.35. The molecule has 0 aliphatic heterocycles. The summed E-state index contributed by atoms with van der Waals surface area (Å²) in [5, 5.41) is 0. The van der Waals surface area contributed by atoms with Crippen molar-refractivity contribution in [3.05, 3.63) is 40.7 Å². The van der Waals surface area contributed by atoms with Crippen LogP contribution in [0.3, 0.4) is 0 Å². The number of nitrogens with two attached hydrogens (primary N) is 1. The van der Waals surface area contributed by atoms with E-state index in [9.17, 15) is 9.18 Å². The number of halogens is 1. The Bertz CT molecular complexity index is 627. The summed E-state index contributed by atoms with van der Waals surface area (Å²) in [4.78, 5) is 17.5. The average Bonchev–Trinajstić information content (AvgIpc) is 2.34. The summed E-state index contributed by atoms with van der Waals surface area (Å²) in [6.45, 7) is 0. The van der Waals surface area contributed by atoms with Gasteiger partial charge in [0.25, 0.3) is 11.4 Å². The number of aromatic nitrogens is 2. The van der Waals surface area contributed by atoms with Crippen molar-refractivity contribution in [2.45, 2.75) is 0 Å². The minimum atomic E-state index is -0.511. The Morgan fingerprint density at radius 1 is 1.44 bits per heavy atom. The fourth-order valence-corrected chi connectivity index (χ4v) is 1.32. The van der Waals surface area contributed by atoms with Gasteiger partial charge >= 0.3 is 0 Å². The largest absolute Gasteiger partial charge is 0.487 e. The van der Waals surface area contributed by atoms with Gasteiger partial charge in [0.2, 0.25) is 5.75 Å². The van der Waals surface area contributed by atoms with Gasteiger partial charge in [-0.05, 0) is 12.1 Å². The maximum Gasteiger partial charge on any atom is 0.297 e. The van der Waals surface area contributed by atoms with Crippen LogP contribution in [0.15, 0.2) is 29.3 Å². The summed E-state index contributed by atoms with van der Waals surface area (Å²) in [6, 6.07) is 3.65. The summed E-state index contributed by atoms with van der Waals surface area (Å²) in [6.07, 6.45) is 1.15. The van der Waals surface area contributed by atoms with Gasteiger partial charge in [-0.1, -0.05) is 0 Å². The maximum atomic E-state index is 13.1. The third-order valence-electron chi connectivity index (χ3n) is 2.16. The molecule has 0 atom stereocenters. The summed E-state index contributed by atoms with van der Waals surface area (Å²) < 4.78 is 23.2. The number of ether oxygens (including phenoxy) is 2. The lowest BCUT2D eigenvalue weighted by Gasteiger charge is -2.09. The molecular formula is C11H10FN3O3. The minimum Gasteiger partial charge on any atom is -0.487 e. The van der Waals surface area contributed by atoms with Gasteiger partial charge < -0.3 is 20.2 Å². The topological polar surface area (TPSA) is 90.2 Å². The Morgan fingerprint density at radius 3 is 2.94 bits per heavy atom. The van der Waals surface area contributed by atoms with Crippen LogP contribution in [0.5, 0.6) is 17.4 Å². The molecule has 0 fully saturated rings. The minimum absolute atomic E-state index is 0.0615. The van der Waals surface area contributed by atoms with Crippen LogP contribution >= 0.6 is 0 Å². The Balaban J connectivity index is 2.43. The van der Waals surface area contributed by atoms with Gasteiger partial charge in [-0.15, -0.1) is 0 Å². The van der Waals surface area contributed by atoms with Crippen molar-refractivity contribution in [2.24, 2.45) is 0 Å². The SMILES string of the molecule is COc1c(Oc2cc(F)ccc2N)nc[nH]c1=O. The number of nitrogen functional groups attached to an aromatic ring is 1. The van der Waals surface area contributed by atoms with Crippen LogP contribution in [0.4, 0.5) is 10.1 Å². The third-order valence-corrected chi connectivity index (χ3v) is 2.16. The van der Waals surface area contributed by atoms with E-state index in [1.807, 2.05) is 0 Å². The lowest BCUT2D eigenvalue weighted by Crippen LogP contribution is -2.11. The molecule has 2 rings (SSSR count). The summed E-state index contributed by atoms with van der Waals surface area (Å²) in [5.41, 5.74) is 5.34. The van der Waals surface area contributed by atoms with Gasteiger partial charge in [-0.25, -0.2) is 9.37 Å². The van der Waals surface area contributed by atoms with Crippen molar-refractivity contribution in [2.75, 3.05) is 12.8 Å². The molecule has 6 nitrogen and oxygen atoms in total. The number of aromatic amines is 1. The van der Waals surface area contributed by atoms with Gasteiger partial charge in [0, 0.05) is 6.07 Å². The first-order chi connectivity index (χ1) is 8.61. The molecule has 0 aliphatic carbocycles. The van der Waals surface area contributed by atoms with E-state index in [1.54, 1.807) is 0 Å². The molecule has 0 saturated heterocycles. The van der Waals surface area contributed by atoms with Gasteiger partial charge in [0.05, 0.1) is 19.1 Å². The molecule has 0 radical (unpaired) electrons. The molecular weight excluding hydrogens is 241 g/mol. The van der Waals surface area contributed by atoms with Crippen molar-refractivity contribution >= 4 is 5.69 Å². The number of rotatable bonds is 3. The second-order valence-corrected chi connectivity index (χ2v) is 3.35. The molecule has 2 aromatic rings. The molecule has 1 aromatic carbocycles. The normalized spacial score (nSPS) is 10.1. The highest BCUT2D eigenvalue weighted by Gasteiger charge is 2.13. The van der Waals surface area contributed by atoms with Crippen LogP contribution in [0, 0.1) is 5.82 Å². The highest BCUT2D eigenvalue weighted by molar-refractivity contribution is 5.54. The first kappa shape index (κ1) is 11.9. The van der Waals surface area contributed by atoms with E-state index in [-0.39, 0.29) is 23.1 Å². The lowest BCUT2D eigenvalue weighted by atomic mass is 10.3. The fourth-order valence-electron chi connectivity index (χ4n) is 1.32. The van der Waals surface area contributed by atoms with Crippen molar-refractivity contribution in [1.29, 1.82) is 0 Å². The van der Waals surface area contributed by atoms with E-state index in [0.29, 0.717) is 0 Å². The number of benzene rings is 1. The van der Waals surface area contributed by atoms with Gasteiger partial charge in [0.15, 0.2) is 5.75 Å². The van der Waals surface area contributed by atoms with Gasteiger partial charge in [0.1, 0.15) is 5.82 Å². The predicted molar refractivity (Wildman–Crippen MR) is 62.3 cm³/mol. The van der Waals surface area contributed by atoms with E-state index in [4.69, 9.17) is 15.2 Å². The maximum absolute atomic E-state index is 13.1. The summed E-state index contributed by atoms with van der Waals surface area (Å²) in [7, 11) is 1.30. The Hall–Kier alpha value is -2.57. The molecule has 0 amide bonds. The molecule has 0 spiro atoms. The number of methoxy groups -OCH3 is 1. The quantitative estimate of drug-likeness (QED) is 0.802. The zero-order valence-corrected chi connectivity index (χ0v) is 9.44. The number of nitrogens with one attached hydrogen (secondary N) is 1. The Morgan fingerprint density at radius 2 is 2.22 bits per heavy atom. The molecule has 94 valence electrons. The lowest BCUT2D eigenvalue weighted by molar-refractivity contribution is 0.363. The molecule has 7 heteroatoms. The zero-order valence-electron chi connectivity index (χ0n) is 9.44. The summed E-state index contributed by atoms with van der Waals surface area (Å²) in [5.74, 6) is -0.644. The van der Waals surface area contributed by atoms with Crippen LogP contribution in [0.25, 0.3) is 0 Å². The van der Waals surface area contributed by atoms with Crippen molar-refractivity contribution < 1.29 is 13.9 Å². The van der Waals surface area contributed by atoms with Crippen LogP contribution < -0.4 is 20.8 Å². The molecule has 1 heterocycles. The van der Waals surface area contributed by atoms with Crippen molar-refractivity contribution in [3.8, 4) is 17.4 Å². The number of hydrogen-bond acceptors (Lipinski definition) is 5. The molecule has 18 heavy (non-hydrogen) atoms. The highest BCUT2D eigenvalue weighted by atomic mass is 19.1. The third kappa shape index (κ3) is 2.24. The van der Waals surface area contributed by atoms with E-state index < -0.39 is 11.4 Å². The van der Waals surface area contributed by atoms with Crippen LogP contribution in [-0.2, 0) is 0 Å². The van der Waals surface area contributed by atoms with E-state index >= 15 is 0 Å². The smallest absolute Gasteiger partial charge is 0.297 e. The molecule has 0 saturated carbocycles. The van der Waals surface area contributed by atoms with Gasteiger partial charge in [-0.3, -0.25) is 4.79 Å². The molecule has 0 bridgehead atoms.